The smallest absolute Gasteiger partial charge is 0.259 e. The SMILES string of the molecule is CCc1noc(-c2ccc(SCC(=O)Nc3ccc(Cl)cc3)nc2)n1. The highest BCUT2D eigenvalue weighted by atomic mass is 35.5. The van der Waals surface area contributed by atoms with E-state index in [1.807, 2.05) is 19.1 Å². The molecule has 25 heavy (non-hydrogen) atoms. The van der Waals surface area contributed by atoms with Crippen molar-refractivity contribution in [3.8, 4) is 11.5 Å². The fourth-order valence-electron chi connectivity index (χ4n) is 1.98. The number of halogens is 1. The van der Waals surface area contributed by atoms with E-state index < -0.39 is 0 Å². The second-order valence-corrected chi connectivity index (χ2v) is 6.53. The number of benzene rings is 1. The van der Waals surface area contributed by atoms with Gasteiger partial charge in [0, 0.05) is 23.3 Å². The van der Waals surface area contributed by atoms with E-state index in [0.29, 0.717) is 28.8 Å². The summed E-state index contributed by atoms with van der Waals surface area (Å²) in [5, 5.41) is 8.03. The number of carbonyl (C=O) groups is 1. The average Bonchev–Trinajstić information content (AvgIpc) is 3.12. The molecule has 2 heterocycles. The summed E-state index contributed by atoms with van der Waals surface area (Å²) in [4.78, 5) is 20.5. The molecule has 3 rings (SSSR count). The zero-order chi connectivity index (χ0) is 17.6. The molecule has 1 aromatic carbocycles. The Morgan fingerprint density at radius 1 is 1.24 bits per heavy atom. The molecule has 6 nitrogen and oxygen atoms in total. The van der Waals surface area contributed by atoms with Crippen molar-refractivity contribution in [2.45, 2.75) is 18.4 Å². The van der Waals surface area contributed by atoms with Crippen LogP contribution in [0, 0.1) is 0 Å². The van der Waals surface area contributed by atoms with Gasteiger partial charge in [-0.15, -0.1) is 0 Å². The molecule has 2 aromatic heterocycles. The van der Waals surface area contributed by atoms with Crippen LogP contribution in [0.1, 0.15) is 12.7 Å². The van der Waals surface area contributed by atoms with Gasteiger partial charge in [-0.1, -0.05) is 35.4 Å². The molecule has 0 aliphatic heterocycles. The lowest BCUT2D eigenvalue weighted by Crippen LogP contribution is -2.13. The number of hydrogen-bond donors (Lipinski definition) is 1. The summed E-state index contributed by atoms with van der Waals surface area (Å²) in [7, 11) is 0. The van der Waals surface area contributed by atoms with Gasteiger partial charge < -0.3 is 9.84 Å². The molecule has 0 spiro atoms. The van der Waals surface area contributed by atoms with Gasteiger partial charge in [-0.2, -0.15) is 4.98 Å². The second-order valence-electron chi connectivity index (χ2n) is 5.10. The van der Waals surface area contributed by atoms with Gasteiger partial charge in [-0.05, 0) is 36.4 Å². The zero-order valence-corrected chi connectivity index (χ0v) is 15.0. The van der Waals surface area contributed by atoms with Crippen LogP contribution in [0.2, 0.25) is 5.02 Å². The fraction of sp³-hybridized carbons (Fsp3) is 0.176. The van der Waals surface area contributed by atoms with Gasteiger partial charge in [-0.3, -0.25) is 4.79 Å². The van der Waals surface area contributed by atoms with E-state index >= 15 is 0 Å². The molecule has 0 fully saturated rings. The summed E-state index contributed by atoms with van der Waals surface area (Å²) in [6, 6.07) is 10.6. The van der Waals surface area contributed by atoms with Crippen molar-refractivity contribution in [2.24, 2.45) is 0 Å². The van der Waals surface area contributed by atoms with Crippen LogP contribution in [0.25, 0.3) is 11.5 Å². The standard InChI is InChI=1S/C17H15ClN4O2S/c1-2-14-21-17(24-22-14)11-3-8-16(19-9-11)25-10-15(23)20-13-6-4-12(18)5-7-13/h3-9H,2,10H2,1H3,(H,20,23). The third-order valence-corrected chi connectivity index (χ3v) is 4.44. The number of amides is 1. The monoisotopic (exact) mass is 374 g/mol. The Hall–Kier alpha value is -2.38. The van der Waals surface area contributed by atoms with Crippen LogP contribution in [-0.2, 0) is 11.2 Å². The maximum Gasteiger partial charge on any atom is 0.259 e. The summed E-state index contributed by atoms with van der Waals surface area (Å²) in [5.74, 6) is 1.26. The highest BCUT2D eigenvalue weighted by molar-refractivity contribution is 7.99. The first-order chi connectivity index (χ1) is 12.1. The van der Waals surface area contributed by atoms with E-state index in [2.05, 4.69) is 20.4 Å². The number of nitrogens with zero attached hydrogens (tertiary/aromatic N) is 3. The van der Waals surface area contributed by atoms with Crippen molar-refractivity contribution in [3.05, 3.63) is 53.4 Å². The number of rotatable bonds is 6. The molecule has 0 bridgehead atoms. The lowest BCUT2D eigenvalue weighted by atomic mass is 10.3. The number of anilines is 1. The first-order valence-electron chi connectivity index (χ1n) is 7.61. The number of hydrogen-bond acceptors (Lipinski definition) is 6. The van der Waals surface area contributed by atoms with E-state index in [1.165, 1.54) is 11.8 Å². The van der Waals surface area contributed by atoms with Crippen molar-refractivity contribution in [1.82, 2.24) is 15.1 Å². The summed E-state index contributed by atoms with van der Waals surface area (Å²) in [5.41, 5.74) is 1.46. The first kappa shape index (κ1) is 17.4. The highest BCUT2D eigenvalue weighted by Crippen LogP contribution is 2.21. The Balaban J connectivity index is 1.54. The third kappa shape index (κ3) is 4.80. The van der Waals surface area contributed by atoms with Gasteiger partial charge >= 0.3 is 0 Å². The molecule has 0 aliphatic rings. The largest absolute Gasteiger partial charge is 0.334 e. The second kappa shape index (κ2) is 8.13. The highest BCUT2D eigenvalue weighted by Gasteiger charge is 2.09. The van der Waals surface area contributed by atoms with Crippen molar-refractivity contribution in [3.63, 3.8) is 0 Å². The van der Waals surface area contributed by atoms with Gasteiger partial charge in [0.05, 0.1) is 16.3 Å². The molecule has 1 N–H and O–H groups in total. The van der Waals surface area contributed by atoms with Crippen LogP contribution in [-0.4, -0.2) is 26.8 Å². The first-order valence-corrected chi connectivity index (χ1v) is 8.97. The molecule has 0 unspecified atom stereocenters. The molecule has 3 aromatic rings. The molecule has 0 aliphatic carbocycles. The minimum atomic E-state index is -0.109. The van der Waals surface area contributed by atoms with Gasteiger partial charge in [0.25, 0.3) is 5.89 Å². The normalized spacial score (nSPS) is 10.6. The maximum atomic E-state index is 12.0. The summed E-state index contributed by atoms with van der Waals surface area (Å²) >= 11 is 7.16. The number of aryl methyl sites for hydroxylation is 1. The van der Waals surface area contributed by atoms with E-state index in [0.717, 1.165) is 10.6 Å². The van der Waals surface area contributed by atoms with E-state index in [4.69, 9.17) is 16.1 Å². The number of pyridine rings is 1. The van der Waals surface area contributed by atoms with Crippen LogP contribution >= 0.6 is 23.4 Å². The Labute approximate surface area is 154 Å². The summed E-state index contributed by atoms with van der Waals surface area (Å²) < 4.78 is 5.17. The van der Waals surface area contributed by atoms with Crippen molar-refractivity contribution in [2.75, 3.05) is 11.1 Å². The quantitative estimate of drug-likeness (QED) is 0.655. The lowest BCUT2D eigenvalue weighted by molar-refractivity contribution is -0.113. The predicted octanol–water partition coefficient (Wildman–Crippen LogP) is 4.08. The Bertz CT molecular complexity index is 850. The van der Waals surface area contributed by atoms with Gasteiger partial charge in [-0.25, -0.2) is 4.98 Å². The molecule has 0 saturated heterocycles. The number of thioether (sulfide) groups is 1. The van der Waals surface area contributed by atoms with E-state index in [9.17, 15) is 4.79 Å². The molecule has 128 valence electrons. The number of carbonyl (C=O) groups excluding carboxylic acids is 1. The fourth-order valence-corrected chi connectivity index (χ4v) is 2.75. The predicted molar refractivity (Wildman–Crippen MR) is 97.7 cm³/mol. The van der Waals surface area contributed by atoms with E-state index in [-0.39, 0.29) is 11.7 Å². The number of aromatic nitrogens is 3. The van der Waals surface area contributed by atoms with Crippen molar-refractivity contribution < 1.29 is 9.32 Å². The van der Waals surface area contributed by atoms with E-state index in [1.54, 1.807) is 30.5 Å². The van der Waals surface area contributed by atoms with Crippen LogP contribution in [0.5, 0.6) is 0 Å². The van der Waals surface area contributed by atoms with Crippen molar-refractivity contribution in [1.29, 1.82) is 0 Å². The molecular formula is C17H15ClN4O2S. The Morgan fingerprint density at radius 3 is 2.68 bits per heavy atom. The minimum Gasteiger partial charge on any atom is -0.334 e. The van der Waals surface area contributed by atoms with Gasteiger partial charge in [0.1, 0.15) is 0 Å². The van der Waals surface area contributed by atoms with Crippen LogP contribution < -0.4 is 5.32 Å². The number of nitrogens with one attached hydrogen (secondary N) is 1. The molecule has 0 radical (unpaired) electrons. The Morgan fingerprint density at radius 2 is 2.04 bits per heavy atom. The van der Waals surface area contributed by atoms with Crippen molar-refractivity contribution >= 4 is 35.0 Å². The third-order valence-electron chi connectivity index (χ3n) is 3.25. The van der Waals surface area contributed by atoms with Gasteiger partial charge in [0.2, 0.25) is 5.91 Å². The molecule has 1 amide bonds. The molecule has 8 heteroatoms. The molecule has 0 atom stereocenters. The minimum absolute atomic E-state index is 0.109. The average molecular weight is 375 g/mol. The molecular weight excluding hydrogens is 360 g/mol. The topological polar surface area (TPSA) is 80.9 Å². The lowest BCUT2D eigenvalue weighted by Gasteiger charge is -2.05. The van der Waals surface area contributed by atoms with Crippen LogP contribution in [0.4, 0.5) is 5.69 Å². The van der Waals surface area contributed by atoms with Crippen LogP contribution in [0.15, 0.2) is 52.1 Å². The summed E-state index contributed by atoms with van der Waals surface area (Å²) in [6.07, 6.45) is 2.37. The zero-order valence-electron chi connectivity index (χ0n) is 13.4. The van der Waals surface area contributed by atoms with Crippen LogP contribution in [0.3, 0.4) is 0 Å². The maximum absolute atomic E-state index is 12.0. The summed E-state index contributed by atoms with van der Waals surface area (Å²) in [6.45, 7) is 1.96. The van der Waals surface area contributed by atoms with Gasteiger partial charge in [0.15, 0.2) is 5.82 Å². The molecule has 0 saturated carbocycles. The Kier molecular flexibility index (Phi) is 5.67.